The van der Waals surface area contributed by atoms with Crippen molar-refractivity contribution in [1.29, 1.82) is 0 Å². The first-order valence-corrected chi connectivity index (χ1v) is 19.6. The van der Waals surface area contributed by atoms with Crippen LogP contribution in [0.2, 0.25) is 5.02 Å². The lowest BCUT2D eigenvalue weighted by molar-refractivity contribution is -0.165. The summed E-state index contributed by atoms with van der Waals surface area (Å²) >= 11 is 10.5. The van der Waals surface area contributed by atoms with Gasteiger partial charge in [-0.25, -0.2) is 0 Å². The van der Waals surface area contributed by atoms with E-state index in [1.165, 1.54) is 9.80 Å². The number of carbonyl (C=O) groups is 4. The van der Waals surface area contributed by atoms with E-state index in [0.717, 1.165) is 5.56 Å². The van der Waals surface area contributed by atoms with Crippen LogP contribution in [0.25, 0.3) is 0 Å². The van der Waals surface area contributed by atoms with Crippen LogP contribution in [0, 0.1) is 24.7 Å². The maximum Gasteiger partial charge on any atom is 0.313 e. The van der Waals surface area contributed by atoms with Gasteiger partial charge in [-0.2, -0.15) is 0 Å². The van der Waals surface area contributed by atoms with Crippen LogP contribution in [0.4, 0.5) is 5.69 Å². The Bertz CT molecular complexity index is 1690. The summed E-state index contributed by atoms with van der Waals surface area (Å²) in [7, 11) is 1.68. The van der Waals surface area contributed by atoms with Crippen LogP contribution in [-0.2, 0) is 28.7 Å². The van der Waals surface area contributed by atoms with Crippen molar-refractivity contribution in [1.82, 2.24) is 9.80 Å². The average Bonchev–Trinajstić information content (AvgIpc) is 3.75. The number of allylic oxidation sites excluding steroid dienone is 1. The lowest BCUT2D eigenvalue weighted by Crippen LogP contribution is -2.60. The van der Waals surface area contributed by atoms with Crippen molar-refractivity contribution in [2.45, 2.75) is 94.1 Å². The number of amides is 3. The van der Waals surface area contributed by atoms with E-state index in [4.69, 9.17) is 21.1 Å². The molecule has 0 aromatic heterocycles. The molecule has 3 saturated heterocycles. The number of aryl methyl sites for hydroxylation is 1. The lowest BCUT2D eigenvalue weighted by Gasteiger charge is -2.41. The van der Waals surface area contributed by atoms with Gasteiger partial charge in [0, 0.05) is 24.8 Å². The Kier molecular flexibility index (Phi) is 13.0. The van der Waals surface area contributed by atoms with Gasteiger partial charge in [-0.05, 0) is 49.8 Å². The summed E-state index contributed by atoms with van der Waals surface area (Å²) in [6.45, 7) is 14.9. The van der Waals surface area contributed by atoms with Crippen LogP contribution in [-0.4, -0.2) is 93.5 Å². The molecule has 12 heteroatoms. The molecule has 2 aromatic carbocycles. The predicted octanol–water partition coefficient (Wildman–Crippen LogP) is 6.42. The van der Waals surface area contributed by atoms with Crippen LogP contribution >= 0.6 is 27.5 Å². The van der Waals surface area contributed by atoms with E-state index < -0.39 is 72.2 Å². The summed E-state index contributed by atoms with van der Waals surface area (Å²) in [5, 5.41) is 11.2. The van der Waals surface area contributed by atoms with E-state index in [1.54, 1.807) is 36.2 Å². The zero-order valence-electron chi connectivity index (χ0n) is 31.1. The Hall–Kier alpha value is -3.51. The third-order valence-electron chi connectivity index (χ3n) is 11.5. The zero-order valence-corrected chi connectivity index (χ0v) is 33.5. The molecule has 3 aliphatic rings. The molecule has 1 N–H and O–H groups in total. The number of aliphatic hydroxyl groups excluding tert-OH is 1. The maximum absolute atomic E-state index is 15.2. The number of para-hydroxylation sites is 1. The molecule has 3 fully saturated rings. The molecule has 3 heterocycles. The molecule has 0 saturated carbocycles. The number of esters is 1. The number of aliphatic hydroxyl groups is 1. The smallest absolute Gasteiger partial charge is 0.313 e. The van der Waals surface area contributed by atoms with Crippen molar-refractivity contribution in [2.75, 3.05) is 25.1 Å². The fraction of sp³-hybridized carbons (Fsp3) is 0.512. The van der Waals surface area contributed by atoms with Crippen LogP contribution in [0.15, 0.2) is 73.8 Å². The Labute approximate surface area is 326 Å². The van der Waals surface area contributed by atoms with Gasteiger partial charge in [0.15, 0.2) is 0 Å². The van der Waals surface area contributed by atoms with E-state index in [0.29, 0.717) is 29.1 Å². The molecule has 286 valence electrons. The molecule has 3 amide bonds. The molecule has 1 unspecified atom stereocenters. The molecule has 2 bridgehead atoms. The molecule has 1 spiro atoms. The highest BCUT2D eigenvalue weighted by Gasteiger charge is 2.78. The number of nitrogens with zero attached hydrogens (tertiary/aromatic N) is 3. The molecule has 0 aliphatic carbocycles. The van der Waals surface area contributed by atoms with Crippen molar-refractivity contribution in [3.63, 3.8) is 0 Å². The highest BCUT2D eigenvalue weighted by molar-refractivity contribution is 9.09. The van der Waals surface area contributed by atoms with Gasteiger partial charge in [0.1, 0.15) is 17.7 Å². The normalized spacial score (nSPS) is 26.7. The maximum atomic E-state index is 15.2. The number of hydrogen-bond donors (Lipinski definition) is 1. The number of rotatable bonds is 16. The second-order valence-corrected chi connectivity index (χ2v) is 16.1. The molecular formula is C41H51BrClN3O7. The standard InChI is InChI=1S/C41H51BrClN3O7/c1-8-11-20-31(48)44(7)26(6)35(27-17-13-12-14-18-27)52-40(51)32-33-38(49)46(30(23-47)24(4)10-3)37(41(33)22-28(42)36(32)53-41)39(50)45(21-9-2)34-25(5)16-15-19-29(34)43/h8-9,12-19,24,26,28,30,32-33,35-37,47H,1-2,10-11,20-23H2,3-7H3/t24-,26+,28?,30-,32+,33-,35-,36+,37+,41-/m0/s1. The molecule has 10 nitrogen and oxygen atoms in total. The quantitative estimate of drug-likeness (QED) is 0.118. The highest BCUT2D eigenvalue weighted by atomic mass is 79.9. The van der Waals surface area contributed by atoms with Crippen molar-refractivity contribution >= 4 is 56.9 Å². The van der Waals surface area contributed by atoms with Gasteiger partial charge in [0.25, 0.3) is 5.91 Å². The lowest BCUT2D eigenvalue weighted by atomic mass is 9.70. The predicted molar refractivity (Wildman–Crippen MR) is 209 cm³/mol. The number of fused-ring (bicyclic) bond motifs is 1. The molecule has 3 aliphatic heterocycles. The van der Waals surface area contributed by atoms with Gasteiger partial charge in [0.05, 0.1) is 47.3 Å². The number of likely N-dealkylation sites (tertiary alicyclic amines) is 1. The molecule has 2 aromatic rings. The van der Waals surface area contributed by atoms with Crippen molar-refractivity contribution < 1.29 is 33.8 Å². The summed E-state index contributed by atoms with van der Waals surface area (Å²) in [5.74, 6) is -4.01. The third-order valence-corrected chi connectivity index (χ3v) is 12.6. The van der Waals surface area contributed by atoms with E-state index in [-0.39, 0.29) is 36.0 Å². The van der Waals surface area contributed by atoms with Crippen LogP contribution < -0.4 is 4.90 Å². The van der Waals surface area contributed by atoms with Crippen LogP contribution in [0.5, 0.6) is 0 Å². The van der Waals surface area contributed by atoms with Gasteiger partial charge in [-0.3, -0.25) is 19.2 Å². The molecule has 10 atom stereocenters. The van der Waals surface area contributed by atoms with Gasteiger partial charge in [-0.1, -0.05) is 102 Å². The fourth-order valence-electron chi connectivity index (χ4n) is 8.44. The van der Waals surface area contributed by atoms with Crippen molar-refractivity contribution in [3.8, 4) is 0 Å². The number of anilines is 1. The van der Waals surface area contributed by atoms with Gasteiger partial charge < -0.3 is 29.3 Å². The van der Waals surface area contributed by atoms with Gasteiger partial charge >= 0.3 is 5.97 Å². The average molecular weight is 813 g/mol. The Balaban J connectivity index is 1.59. The van der Waals surface area contributed by atoms with Crippen LogP contribution in [0.1, 0.15) is 63.7 Å². The largest absolute Gasteiger partial charge is 0.455 e. The monoisotopic (exact) mass is 811 g/mol. The second kappa shape index (κ2) is 16.9. The summed E-state index contributed by atoms with van der Waals surface area (Å²) in [5.41, 5.74) is 0.507. The van der Waals surface area contributed by atoms with E-state index in [9.17, 15) is 14.7 Å². The number of carbonyl (C=O) groups excluding carboxylic acids is 4. The molecular weight excluding hydrogens is 762 g/mol. The number of hydrogen-bond acceptors (Lipinski definition) is 7. The minimum absolute atomic E-state index is 0.0954. The first kappa shape index (κ1) is 40.7. The number of ether oxygens (including phenoxy) is 2. The van der Waals surface area contributed by atoms with E-state index >= 15 is 9.59 Å². The molecule has 5 rings (SSSR count). The number of alkyl halides is 1. The fourth-order valence-corrected chi connectivity index (χ4v) is 9.71. The summed E-state index contributed by atoms with van der Waals surface area (Å²) < 4.78 is 13.2. The summed E-state index contributed by atoms with van der Waals surface area (Å²) in [6, 6.07) is 12.1. The van der Waals surface area contributed by atoms with Crippen LogP contribution in [0.3, 0.4) is 0 Å². The van der Waals surface area contributed by atoms with E-state index in [2.05, 4.69) is 29.1 Å². The Morgan fingerprint density at radius 2 is 1.85 bits per heavy atom. The third kappa shape index (κ3) is 7.34. The minimum atomic E-state index is -1.42. The summed E-state index contributed by atoms with van der Waals surface area (Å²) in [4.78, 5) is 62.2. The molecule has 53 heavy (non-hydrogen) atoms. The topological polar surface area (TPSA) is 117 Å². The highest BCUT2D eigenvalue weighted by Crippen LogP contribution is 2.61. The summed E-state index contributed by atoms with van der Waals surface area (Å²) in [6.07, 6.45) is 3.29. The molecule has 0 radical (unpaired) electrons. The number of likely N-dealkylation sites (N-methyl/N-ethyl adjacent to an activating group) is 1. The number of halogens is 2. The van der Waals surface area contributed by atoms with Crippen molar-refractivity contribution in [2.24, 2.45) is 17.8 Å². The van der Waals surface area contributed by atoms with E-state index in [1.807, 2.05) is 64.1 Å². The van der Waals surface area contributed by atoms with Gasteiger partial charge in [-0.15, -0.1) is 13.2 Å². The van der Waals surface area contributed by atoms with Gasteiger partial charge in [0.2, 0.25) is 11.8 Å². The SMILES string of the molecule is C=CCCC(=O)N(C)[C@H](C)[C@H](OC(=O)[C@H]1[C@@H]2O[C@@]3(CC2Br)[C@@H]1C(=O)N([C@@H](CO)[C@@H](C)CC)[C@@H]3C(=O)N(CC=C)c1c(C)cccc1Cl)c1ccccc1. The second-order valence-electron chi connectivity index (χ2n) is 14.5. The minimum Gasteiger partial charge on any atom is -0.455 e. The van der Waals surface area contributed by atoms with Crippen molar-refractivity contribution in [3.05, 3.63) is 90.0 Å². The Morgan fingerprint density at radius 3 is 2.45 bits per heavy atom. The zero-order chi connectivity index (χ0) is 38.8. The first-order chi connectivity index (χ1) is 25.3. The first-order valence-electron chi connectivity index (χ1n) is 18.3. The number of benzene rings is 2. The Morgan fingerprint density at radius 1 is 1.15 bits per heavy atom.